The van der Waals surface area contributed by atoms with Crippen LogP contribution in [0.4, 0.5) is 13.2 Å². The molecule has 0 fully saturated rings. The molecule has 3 rings (SSSR count). The number of nitriles is 1. The van der Waals surface area contributed by atoms with Crippen LogP contribution in [0.3, 0.4) is 0 Å². The van der Waals surface area contributed by atoms with Crippen LogP contribution in [-0.2, 0) is 12.6 Å². The fraction of sp³-hybridized carbons (Fsp3) is 0.294. The van der Waals surface area contributed by atoms with Gasteiger partial charge in [0, 0.05) is 0 Å². The number of hydrogen-bond acceptors (Lipinski definition) is 4. The Morgan fingerprint density at radius 3 is 2.54 bits per heavy atom. The predicted octanol–water partition coefficient (Wildman–Crippen LogP) is 3.12. The van der Waals surface area contributed by atoms with E-state index in [0.717, 1.165) is 12.1 Å². The van der Waals surface area contributed by atoms with E-state index in [2.05, 4.69) is 15.1 Å². The van der Waals surface area contributed by atoms with Gasteiger partial charge in [-0.2, -0.15) is 23.5 Å². The van der Waals surface area contributed by atoms with Crippen molar-refractivity contribution >= 4 is 11.0 Å². The van der Waals surface area contributed by atoms with Gasteiger partial charge in [0.25, 0.3) is 5.56 Å². The first-order chi connectivity index (χ1) is 12.2. The van der Waals surface area contributed by atoms with Gasteiger partial charge in [0.05, 0.1) is 29.8 Å². The lowest BCUT2D eigenvalue weighted by Crippen LogP contribution is -2.13. The first-order valence-electron chi connectivity index (χ1n) is 7.74. The fourth-order valence-electron chi connectivity index (χ4n) is 2.78. The molecule has 134 valence electrons. The highest BCUT2D eigenvalue weighted by Gasteiger charge is 2.30. The summed E-state index contributed by atoms with van der Waals surface area (Å²) in [6, 6.07) is 6.21. The van der Waals surface area contributed by atoms with Gasteiger partial charge in [-0.1, -0.05) is 12.1 Å². The zero-order valence-electron chi connectivity index (χ0n) is 13.9. The molecule has 0 amide bonds. The Labute approximate surface area is 145 Å². The molecule has 0 unspecified atom stereocenters. The van der Waals surface area contributed by atoms with Crippen molar-refractivity contribution in [2.45, 2.75) is 32.5 Å². The number of H-pyrrole nitrogens is 1. The number of fused-ring (bicyclic) bond motifs is 1. The second-order valence-corrected chi connectivity index (χ2v) is 5.87. The first kappa shape index (κ1) is 17.7. The topological polar surface area (TPSA) is 87.4 Å². The summed E-state index contributed by atoms with van der Waals surface area (Å²) in [5.41, 5.74) is 0.0162. The first-order valence-corrected chi connectivity index (χ1v) is 7.74. The molecule has 0 saturated carbocycles. The third-order valence-electron chi connectivity index (χ3n) is 4.09. The highest BCUT2D eigenvalue weighted by Crippen LogP contribution is 2.31. The van der Waals surface area contributed by atoms with Gasteiger partial charge >= 0.3 is 6.18 Å². The van der Waals surface area contributed by atoms with Crippen molar-refractivity contribution in [2.75, 3.05) is 0 Å². The average molecular weight is 361 g/mol. The Bertz CT molecular complexity index is 1060. The molecule has 1 aromatic carbocycles. The summed E-state index contributed by atoms with van der Waals surface area (Å²) < 4.78 is 39.7. The van der Waals surface area contributed by atoms with Crippen LogP contribution in [0.2, 0.25) is 0 Å². The van der Waals surface area contributed by atoms with E-state index >= 15 is 0 Å². The highest BCUT2D eigenvalue weighted by molar-refractivity contribution is 5.77. The number of halogens is 3. The predicted molar refractivity (Wildman–Crippen MR) is 87.5 cm³/mol. The molecular formula is C17H14F3N5O. The number of benzene rings is 1. The van der Waals surface area contributed by atoms with Gasteiger partial charge in [0.15, 0.2) is 5.65 Å². The van der Waals surface area contributed by atoms with E-state index in [0.29, 0.717) is 17.0 Å². The number of nitrogens with zero attached hydrogens (tertiary/aromatic N) is 4. The van der Waals surface area contributed by atoms with Crippen LogP contribution in [0.15, 0.2) is 29.1 Å². The van der Waals surface area contributed by atoms with E-state index in [-0.39, 0.29) is 17.5 Å². The zero-order chi connectivity index (χ0) is 19.1. The molecule has 6 nitrogen and oxygen atoms in total. The van der Waals surface area contributed by atoms with Gasteiger partial charge < -0.3 is 4.98 Å². The van der Waals surface area contributed by atoms with Crippen molar-refractivity contribution in [2.24, 2.45) is 0 Å². The van der Waals surface area contributed by atoms with Gasteiger partial charge in [0.1, 0.15) is 11.2 Å². The number of aromatic amines is 1. The van der Waals surface area contributed by atoms with E-state index in [1.807, 2.05) is 6.07 Å². The summed E-state index contributed by atoms with van der Waals surface area (Å²) in [7, 11) is 0. The number of alkyl halides is 3. The van der Waals surface area contributed by atoms with Crippen molar-refractivity contribution in [3.63, 3.8) is 0 Å². The number of nitrogens with one attached hydrogen (secondary N) is 1. The lowest BCUT2D eigenvalue weighted by atomic mass is 10.1. The van der Waals surface area contributed by atoms with Gasteiger partial charge in [-0.15, -0.1) is 0 Å². The van der Waals surface area contributed by atoms with Gasteiger partial charge in [0.2, 0.25) is 0 Å². The standard InChI is InChI=1S/C17H14F3N5O/c1-9(11-3-5-12(6-4-11)17(18,19)20)25-15-14(13(24-25)7-8-21)16(26)23-10(2)22-15/h3-6,9H,7H2,1-2H3,(H,22,23,26)/t9-/m1/s1. The molecule has 9 heteroatoms. The molecule has 0 aliphatic rings. The highest BCUT2D eigenvalue weighted by atomic mass is 19.4. The lowest BCUT2D eigenvalue weighted by molar-refractivity contribution is -0.137. The molecule has 2 aromatic heterocycles. The van der Waals surface area contributed by atoms with Crippen molar-refractivity contribution in [3.8, 4) is 6.07 Å². The van der Waals surface area contributed by atoms with Gasteiger partial charge in [-0.3, -0.25) is 4.79 Å². The van der Waals surface area contributed by atoms with Gasteiger partial charge in [-0.25, -0.2) is 9.67 Å². The Hall–Kier alpha value is -3.15. The molecule has 2 heterocycles. The summed E-state index contributed by atoms with van der Waals surface area (Å²) in [6.07, 6.45) is -4.48. The van der Waals surface area contributed by atoms with E-state index in [1.165, 1.54) is 16.8 Å². The third-order valence-corrected chi connectivity index (χ3v) is 4.09. The maximum Gasteiger partial charge on any atom is 0.416 e. The summed E-state index contributed by atoms with van der Waals surface area (Å²) >= 11 is 0. The summed E-state index contributed by atoms with van der Waals surface area (Å²) in [5.74, 6) is 0.381. The molecule has 26 heavy (non-hydrogen) atoms. The van der Waals surface area contributed by atoms with Crippen molar-refractivity contribution in [1.82, 2.24) is 19.7 Å². The van der Waals surface area contributed by atoms with Crippen LogP contribution in [0.25, 0.3) is 11.0 Å². The number of aromatic nitrogens is 4. The minimum Gasteiger partial charge on any atom is -0.310 e. The largest absolute Gasteiger partial charge is 0.416 e. The summed E-state index contributed by atoms with van der Waals surface area (Å²) in [5, 5.41) is 13.5. The van der Waals surface area contributed by atoms with E-state index in [1.54, 1.807) is 13.8 Å². The van der Waals surface area contributed by atoms with E-state index in [9.17, 15) is 18.0 Å². The maximum absolute atomic E-state index is 12.7. The molecule has 3 aromatic rings. The van der Waals surface area contributed by atoms with Crippen molar-refractivity contribution in [1.29, 1.82) is 5.26 Å². The Morgan fingerprint density at radius 1 is 1.31 bits per heavy atom. The van der Waals surface area contributed by atoms with Crippen LogP contribution in [0.1, 0.15) is 35.6 Å². The minimum atomic E-state index is -4.41. The Kier molecular flexibility index (Phi) is 4.28. The Morgan fingerprint density at radius 2 is 1.96 bits per heavy atom. The quantitative estimate of drug-likeness (QED) is 0.776. The van der Waals surface area contributed by atoms with Crippen LogP contribution in [0.5, 0.6) is 0 Å². The van der Waals surface area contributed by atoms with Crippen LogP contribution >= 0.6 is 0 Å². The molecule has 1 N–H and O–H groups in total. The fourth-order valence-corrected chi connectivity index (χ4v) is 2.78. The van der Waals surface area contributed by atoms with E-state index in [4.69, 9.17) is 5.26 Å². The second kappa shape index (κ2) is 6.29. The number of hydrogen-bond donors (Lipinski definition) is 1. The zero-order valence-corrected chi connectivity index (χ0v) is 13.9. The molecule has 1 atom stereocenters. The SMILES string of the molecule is Cc1nc2c(c(CC#N)nn2[C@H](C)c2ccc(C(F)(F)F)cc2)c(=O)[nH]1. The molecule has 0 aliphatic carbocycles. The van der Waals surface area contributed by atoms with Crippen LogP contribution in [-0.4, -0.2) is 19.7 Å². The third kappa shape index (κ3) is 3.06. The van der Waals surface area contributed by atoms with Crippen LogP contribution < -0.4 is 5.56 Å². The summed E-state index contributed by atoms with van der Waals surface area (Å²) in [6.45, 7) is 3.36. The summed E-state index contributed by atoms with van der Waals surface area (Å²) in [4.78, 5) is 19.1. The molecule has 0 aliphatic heterocycles. The smallest absolute Gasteiger partial charge is 0.310 e. The molecule has 0 bridgehead atoms. The number of aryl methyl sites for hydroxylation is 1. The average Bonchev–Trinajstić information content (AvgIpc) is 2.92. The second-order valence-electron chi connectivity index (χ2n) is 5.87. The molecule has 0 saturated heterocycles. The van der Waals surface area contributed by atoms with Crippen molar-refractivity contribution < 1.29 is 13.2 Å². The number of rotatable bonds is 3. The maximum atomic E-state index is 12.7. The lowest BCUT2D eigenvalue weighted by Gasteiger charge is -2.15. The van der Waals surface area contributed by atoms with Crippen molar-refractivity contribution in [3.05, 3.63) is 57.3 Å². The normalized spacial score (nSPS) is 12.9. The Balaban J connectivity index is 2.13. The van der Waals surface area contributed by atoms with Gasteiger partial charge in [-0.05, 0) is 31.5 Å². The molecule has 0 radical (unpaired) electrons. The molecule has 0 spiro atoms. The molecular weight excluding hydrogens is 347 g/mol. The minimum absolute atomic E-state index is 0.0724. The van der Waals surface area contributed by atoms with Crippen LogP contribution in [0, 0.1) is 18.3 Å². The monoisotopic (exact) mass is 361 g/mol. The van der Waals surface area contributed by atoms with E-state index < -0.39 is 23.3 Å².